The number of nitrogens with one attached hydrogen (secondary N) is 1. The number of rotatable bonds is 6. The second kappa shape index (κ2) is 6.06. The van der Waals surface area contributed by atoms with Gasteiger partial charge < -0.3 is 5.32 Å². The van der Waals surface area contributed by atoms with Crippen molar-refractivity contribution < 1.29 is 0 Å². The fourth-order valence-corrected chi connectivity index (χ4v) is 2.96. The molecule has 0 spiro atoms. The van der Waals surface area contributed by atoms with Gasteiger partial charge in [0.15, 0.2) is 0 Å². The van der Waals surface area contributed by atoms with Crippen LogP contribution in [0, 0.1) is 5.92 Å². The molecule has 3 rings (SSSR count). The van der Waals surface area contributed by atoms with Crippen molar-refractivity contribution in [2.24, 2.45) is 5.92 Å². The molecule has 104 valence electrons. The summed E-state index contributed by atoms with van der Waals surface area (Å²) in [6.07, 6.45) is 5.46. The summed E-state index contributed by atoms with van der Waals surface area (Å²) in [4.78, 5) is 2.60. The highest BCUT2D eigenvalue weighted by Gasteiger charge is 2.21. The maximum atomic E-state index is 3.57. The van der Waals surface area contributed by atoms with Gasteiger partial charge in [0.2, 0.25) is 0 Å². The third-order valence-corrected chi connectivity index (χ3v) is 4.55. The Morgan fingerprint density at radius 3 is 2.47 bits per heavy atom. The van der Waals surface area contributed by atoms with Crippen molar-refractivity contribution in [2.75, 3.05) is 13.1 Å². The molecule has 1 saturated carbocycles. The first-order valence-corrected chi connectivity index (χ1v) is 7.87. The van der Waals surface area contributed by atoms with Crippen LogP contribution in [0.5, 0.6) is 0 Å². The number of likely N-dealkylation sites (tertiary alicyclic amines) is 1. The second-order valence-electron chi connectivity index (χ2n) is 6.27. The van der Waals surface area contributed by atoms with Crippen LogP contribution in [-0.2, 0) is 13.1 Å². The highest BCUT2D eigenvalue weighted by atomic mass is 15.1. The Morgan fingerprint density at radius 1 is 1.11 bits per heavy atom. The standard InChI is InChI=1S/C17H26N2/c1-2-14-9-10-19(12-14)13-16-5-3-15(4-6-16)11-18-17-7-8-17/h3-6,14,17-18H,2,7-13H2,1H3. The Bertz CT molecular complexity index is 394. The van der Waals surface area contributed by atoms with Crippen molar-refractivity contribution in [3.05, 3.63) is 35.4 Å². The first-order valence-electron chi connectivity index (χ1n) is 7.87. The van der Waals surface area contributed by atoms with E-state index in [9.17, 15) is 0 Å². The number of hydrogen-bond donors (Lipinski definition) is 1. The van der Waals surface area contributed by atoms with Crippen LogP contribution in [0.25, 0.3) is 0 Å². The van der Waals surface area contributed by atoms with Gasteiger partial charge in [0, 0.05) is 25.7 Å². The highest BCUT2D eigenvalue weighted by molar-refractivity contribution is 5.22. The van der Waals surface area contributed by atoms with Crippen molar-refractivity contribution in [1.29, 1.82) is 0 Å². The molecule has 0 amide bonds. The SMILES string of the molecule is CCC1CCN(Cc2ccc(CNC3CC3)cc2)C1. The van der Waals surface area contributed by atoms with Crippen LogP contribution in [0.2, 0.25) is 0 Å². The lowest BCUT2D eigenvalue weighted by Crippen LogP contribution is -2.20. The Morgan fingerprint density at radius 2 is 1.84 bits per heavy atom. The van der Waals surface area contributed by atoms with E-state index >= 15 is 0 Å². The summed E-state index contributed by atoms with van der Waals surface area (Å²) >= 11 is 0. The predicted molar refractivity (Wildman–Crippen MR) is 80.0 cm³/mol. The van der Waals surface area contributed by atoms with Gasteiger partial charge in [-0.1, -0.05) is 37.6 Å². The summed E-state index contributed by atoms with van der Waals surface area (Å²) in [5.41, 5.74) is 2.88. The highest BCUT2D eigenvalue weighted by Crippen LogP contribution is 2.21. The molecule has 1 N–H and O–H groups in total. The van der Waals surface area contributed by atoms with Crippen molar-refractivity contribution in [3.8, 4) is 0 Å². The maximum absolute atomic E-state index is 3.57. The monoisotopic (exact) mass is 258 g/mol. The molecule has 1 aliphatic heterocycles. The Kier molecular flexibility index (Phi) is 4.19. The first-order chi connectivity index (χ1) is 9.33. The van der Waals surface area contributed by atoms with E-state index in [-0.39, 0.29) is 0 Å². The van der Waals surface area contributed by atoms with Crippen molar-refractivity contribution in [1.82, 2.24) is 10.2 Å². The smallest absolute Gasteiger partial charge is 0.0233 e. The molecular weight excluding hydrogens is 232 g/mol. The molecule has 1 atom stereocenters. The average Bonchev–Trinajstić information content (AvgIpc) is 3.17. The number of nitrogens with zero attached hydrogens (tertiary/aromatic N) is 1. The third kappa shape index (κ3) is 3.80. The fraction of sp³-hybridized carbons (Fsp3) is 0.647. The molecule has 1 unspecified atom stereocenters. The minimum absolute atomic E-state index is 0.801. The lowest BCUT2D eigenvalue weighted by Gasteiger charge is -2.16. The van der Waals surface area contributed by atoms with E-state index in [0.717, 1.165) is 25.0 Å². The molecule has 1 aromatic carbocycles. The molecule has 1 aromatic rings. The zero-order valence-electron chi connectivity index (χ0n) is 12.1. The van der Waals surface area contributed by atoms with Gasteiger partial charge in [-0.05, 0) is 42.9 Å². The lowest BCUT2D eigenvalue weighted by molar-refractivity contribution is 0.315. The van der Waals surface area contributed by atoms with E-state index < -0.39 is 0 Å². The molecular formula is C17H26N2. The Labute approximate surface area is 117 Å². The van der Waals surface area contributed by atoms with Crippen LogP contribution in [0.3, 0.4) is 0 Å². The number of hydrogen-bond acceptors (Lipinski definition) is 2. The summed E-state index contributed by atoms with van der Waals surface area (Å²) in [6, 6.07) is 10.00. The zero-order valence-corrected chi connectivity index (χ0v) is 12.1. The van der Waals surface area contributed by atoms with Gasteiger partial charge in [-0.15, -0.1) is 0 Å². The van der Waals surface area contributed by atoms with Crippen molar-refractivity contribution >= 4 is 0 Å². The molecule has 2 aliphatic rings. The van der Waals surface area contributed by atoms with Gasteiger partial charge in [-0.2, -0.15) is 0 Å². The topological polar surface area (TPSA) is 15.3 Å². The molecule has 0 aromatic heterocycles. The molecule has 2 heteroatoms. The molecule has 0 radical (unpaired) electrons. The van der Waals surface area contributed by atoms with Crippen molar-refractivity contribution in [2.45, 2.75) is 51.7 Å². The maximum Gasteiger partial charge on any atom is 0.0233 e. The van der Waals surface area contributed by atoms with Gasteiger partial charge >= 0.3 is 0 Å². The molecule has 1 saturated heterocycles. The van der Waals surface area contributed by atoms with Gasteiger partial charge in [-0.25, -0.2) is 0 Å². The minimum Gasteiger partial charge on any atom is -0.310 e. The minimum atomic E-state index is 0.801. The molecule has 1 aliphatic carbocycles. The zero-order chi connectivity index (χ0) is 13.1. The van der Waals surface area contributed by atoms with Crippen LogP contribution in [0.1, 0.15) is 43.7 Å². The second-order valence-corrected chi connectivity index (χ2v) is 6.27. The van der Waals surface area contributed by atoms with E-state index in [0.29, 0.717) is 0 Å². The largest absolute Gasteiger partial charge is 0.310 e. The summed E-state index contributed by atoms with van der Waals surface area (Å²) in [5, 5.41) is 3.57. The number of benzene rings is 1. The summed E-state index contributed by atoms with van der Waals surface area (Å²) in [7, 11) is 0. The Hall–Kier alpha value is -0.860. The predicted octanol–water partition coefficient (Wildman–Crippen LogP) is 3.17. The molecule has 2 nitrogen and oxygen atoms in total. The molecule has 2 fully saturated rings. The van der Waals surface area contributed by atoms with E-state index in [4.69, 9.17) is 0 Å². The summed E-state index contributed by atoms with van der Waals surface area (Å²) < 4.78 is 0. The Balaban J connectivity index is 1.48. The van der Waals surface area contributed by atoms with Crippen LogP contribution >= 0.6 is 0 Å². The lowest BCUT2D eigenvalue weighted by atomic mass is 10.1. The van der Waals surface area contributed by atoms with Gasteiger partial charge in [0.05, 0.1) is 0 Å². The van der Waals surface area contributed by atoms with Crippen molar-refractivity contribution in [3.63, 3.8) is 0 Å². The van der Waals surface area contributed by atoms with Crippen LogP contribution < -0.4 is 5.32 Å². The van der Waals surface area contributed by atoms with E-state index in [1.807, 2.05) is 0 Å². The fourth-order valence-electron chi connectivity index (χ4n) is 2.96. The van der Waals surface area contributed by atoms with E-state index in [1.54, 1.807) is 0 Å². The van der Waals surface area contributed by atoms with Gasteiger partial charge in [0.1, 0.15) is 0 Å². The van der Waals surface area contributed by atoms with E-state index in [1.165, 1.54) is 49.9 Å². The summed E-state index contributed by atoms with van der Waals surface area (Å²) in [5.74, 6) is 0.932. The van der Waals surface area contributed by atoms with Gasteiger partial charge in [-0.3, -0.25) is 4.90 Å². The first kappa shape index (κ1) is 13.1. The normalized spacial score (nSPS) is 23.9. The molecule has 1 heterocycles. The molecule has 0 bridgehead atoms. The third-order valence-electron chi connectivity index (χ3n) is 4.55. The van der Waals surface area contributed by atoms with Crippen LogP contribution in [0.4, 0.5) is 0 Å². The van der Waals surface area contributed by atoms with Gasteiger partial charge in [0.25, 0.3) is 0 Å². The molecule has 19 heavy (non-hydrogen) atoms. The van der Waals surface area contributed by atoms with Crippen LogP contribution in [0.15, 0.2) is 24.3 Å². The quantitative estimate of drug-likeness (QED) is 0.843. The van der Waals surface area contributed by atoms with Crippen LogP contribution in [-0.4, -0.2) is 24.0 Å². The summed E-state index contributed by atoms with van der Waals surface area (Å²) in [6.45, 7) is 7.06. The average molecular weight is 258 g/mol. The van der Waals surface area contributed by atoms with E-state index in [2.05, 4.69) is 41.4 Å².